The molecule has 1 amide bonds. The van der Waals surface area contributed by atoms with Crippen LogP contribution in [-0.2, 0) is 14.3 Å². The first kappa shape index (κ1) is 18.5. The molecule has 0 bridgehead atoms. The van der Waals surface area contributed by atoms with Crippen LogP contribution in [-0.4, -0.2) is 68.5 Å². The number of amides is 1. The summed E-state index contributed by atoms with van der Waals surface area (Å²) in [5.74, 6) is 0.366. The van der Waals surface area contributed by atoms with Crippen LogP contribution in [0.5, 0.6) is 0 Å². The van der Waals surface area contributed by atoms with Crippen molar-refractivity contribution in [2.75, 3.05) is 33.9 Å². The molecule has 0 aromatic carbocycles. The molecule has 1 heterocycles. The molecule has 2 saturated carbocycles. The number of rotatable bonds is 4. The topological polar surface area (TPSA) is 75.2 Å². The number of guanidine groups is 1. The van der Waals surface area contributed by atoms with Gasteiger partial charge in [0.05, 0.1) is 13.2 Å². The minimum Gasteiger partial charge on any atom is -0.354 e. The monoisotopic (exact) mass is 352 g/mol. The highest BCUT2D eigenvalue weighted by atomic mass is 16.7. The summed E-state index contributed by atoms with van der Waals surface area (Å²) in [5.41, 5.74) is 0. The lowest BCUT2D eigenvalue weighted by Crippen LogP contribution is -2.48. The third kappa shape index (κ3) is 5.07. The van der Waals surface area contributed by atoms with Crippen LogP contribution in [0, 0.1) is 0 Å². The van der Waals surface area contributed by atoms with Crippen LogP contribution in [0.25, 0.3) is 0 Å². The van der Waals surface area contributed by atoms with Crippen LogP contribution in [0.1, 0.15) is 51.4 Å². The van der Waals surface area contributed by atoms with E-state index >= 15 is 0 Å². The van der Waals surface area contributed by atoms with Crippen molar-refractivity contribution in [3.05, 3.63) is 0 Å². The molecular weight excluding hydrogens is 320 g/mol. The van der Waals surface area contributed by atoms with E-state index < -0.39 is 5.79 Å². The van der Waals surface area contributed by atoms with Crippen LogP contribution in [0.15, 0.2) is 4.99 Å². The van der Waals surface area contributed by atoms with Crippen molar-refractivity contribution in [2.45, 2.75) is 69.2 Å². The Morgan fingerprint density at radius 1 is 1.08 bits per heavy atom. The highest BCUT2D eigenvalue weighted by Crippen LogP contribution is 2.37. The Hall–Kier alpha value is -1.34. The van der Waals surface area contributed by atoms with E-state index in [4.69, 9.17) is 9.47 Å². The van der Waals surface area contributed by atoms with Crippen LogP contribution in [0.2, 0.25) is 0 Å². The Kier molecular flexibility index (Phi) is 6.17. The highest BCUT2D eigenvalue weighted by molar-refractivity contribution is 5.85. The summed E-state index contributed by atoms with van der Waals surface area (Å²) < 4.78 is 11.6. The first-order chi connectivity index (χ1) is 12.1. The maximum absolute atomic E-state index is 11.9. The van der Waals surface area contributed by atoms with Crippen LogP contribution < -0.4 is 10.6 Å². The maximum Gasteiger partial charge on any atom is 0.243 e. The number of nitrogens with zero attached hydrogens (tertiary/aromatic N) is 2. The standard InChI is InChI=1S/C18H32N4O3/c1-22(2)16(23)13-19-17(20-14-6-4-3-5-7-14)21-15-8-9-18(12-15)24-10-11-25-18/h14-15H,3-13H2,1-2H3,(H2,19,20,21). The zero-order valence-corrected chi connectivity index (χ0v) is 15.6. The van der Waals surface area contributed by atoms with Crippen LogP contribution >= 0.6 is 0 Å². The van der Waals surface area contributed by atoms with Crippen molar-refractivity contribution in [3.63, 3.8) is 0 Å². The van der Waals surface area contributed by atoms with E-state index in [1.165, 1.54) is 32.1 Å². The molecule has 1 aliphatic heterocycles. The molecular formula is C18H32N4O3. The van der Waals surface area contributed by atoms with E-state index in [0.717, 1.165) is 25.2 Å². The van der Waals surface area contributed by atoms with Crippen LogP contribution in [0.3, 0.4) is 0 Å². The fourth-order valence-corrected chi connectivity index (χ4v) is 3.91. The van der Waals surface area contributed by atoms with Gasteiger partial charge in [-0.3, -0.25) is 4.79 Å². The third-order valence-corrected chi connectivity index (χ3v) is 5.40. The second-order valence-electron chi connectivity index (χ2n) is 7.62. The number of carbonyl (C=O) groups excluding carboxylic acids is 1. The van der Waals surface area contributed by atoms with Gasteiger partial charge in [-0.25, -0.2) is 4.99 Å². The van der Waals surface area contributed by atoms with Gasteiger partial charge >= 0.3 is 0 Å². The first-order valence-electron chi connectivity index (χ1n) is 9.62. The summed E-state index contributed by atoms with van der Waals surface area (Å²) >= 11 is 0. The Balaban J connectivity index is 1.59. The average Bonchev–Trinajstić information content (AvgIpc) is 3.23. The van der Waals surface area contributed by atoms with Crippen molar-refractivity contribution >= 4 is 11.9 Å². The summed E-state index contributed by atoms with van der Waals surface area (Å²) in [5, 5.41) is 7.06. The van der Waals surface area contributed by atoms with Crippen LogP contribution in [0.4, 0.5) is 0 Å². The molecule has 142 valence electrons. The molecule has 1 atom stereocenters. The number of hydrogen-bond donors (Lipinski definition) is 2. The molecule has 0 radical (unpaired) electrons. The Bertz CT molecular complexity index is 483. The first-order valence-corrected chi connectivity index (χ1v) is 9.62. The van der Waals surface area contributed by atoms with Gasteiger partial charge in [0.1, 0.15) is 6.54 Å². The molecule has 1 unspecified atom stereocenters. The lowest BCUT2D eigenvalue weighted by molar-refractivity contribution is -0.151. The lowest BCUT2D eigenvalue weighted by atomic mass is 9.96. The van der Waals surface area contributed by atoms with E-state index in [0.29, 0.717) is 19.3 Å². The van der Waals surface area contributed by atoms with Crippen molar-refractivity contribution in [1.29, 1.82) is 0 Å². The van der Waals surface area contributed by atoms with E-state index in [-0.39, 0.29) is 18.5 Å². The molecule has 3 aliphatic rings. The van der Waals surface area contributed by atoms with Crippen molar-refractivity contribution in [2.24, 2.45) is 4.99 Å². The Morgan fingerprint density at radius 2 is 1.76 bits per heavy atom. The molecule has 3 rings (SSSR count). The van der Waals surface area contributed by atoms with Gasteiger partial charge in [0.25, 0.3) is 0 Å². The fourth-order valence-electron chi connectivity index (χ4n) is 3.91. The predicted octanol–water partition coefficient (Wildman–Crippen LogP) is 1.24. The van der Waals surface area contributed by atoms with E-state index in [2.05, 4.69) is 15.6 Å². The van der Waals surface area contributed by atoms with Gasteiger partial charge in [0, 0.05) is 39.0 Å². The summed E-state index contributed by atoms with van der Waals surface area (Å²) in [7, 11) is 3.52. The van der Waals surface area contributed by atoms with Gasteiger partial charge in [-0.15, -0.1) is 0 Å². The smallest absolute Gasteiger partial charge is 0.243 e. The summed E-state index contributed by atoms with van der Waals surface area (Å²) in [6.07, 6.45) is 8.92. The Labute approximate surface area is 150 Å². The summed E-state index contributed by atoms with van der Waals surface area (Å²) in [6, 6.07) is 0.714. The molecule has 2 N–H and O–H groups in total. The highest BCUT2D eigenvalue weighted by Gasteiger charge is 2.44. The minimum atomic E-state index is -0.396. The summed E-state index contributed by atoms with van der Waals surface area (Å²) in [6.45, 7) is 1.54. The second kappa shape index (κ2) is 8.36. The van der Waals surface area contributed by atoms with E-state index in [1.807, 2.05) is 0 Å². The van der Waals surface area contributed by atoms with Gasteiger partial charge in [-0.05, 0) is 19.3 Å². The number of carbonyl (C=O) groups is 1. The number of aliphatic imine (C=N–C) groups is 1. The number of hydrogen-bond acceptors (Lipinski definition) is 4. The van der Waals surface area contributed by atoms with E-state index in [1.54, 1.807) is 19.0 Å². The molecule has 0 aromatic rings. The molecule has 1 spiro atoms. The van der Waals surface area contributed by atoms with Gasteiger partial charge in [-0.2, -0.15) is 0 Å². The van der Waals surface area contributed by atoms with E-state index in [9.17, 15) is 4.79 Å². The SMILES string of the molecule is CN(C)C(=O)CN=C(NC1CCCCC1)NC1CCC2(C1)OCCO2. The summed E-state index contributed by atoms with van der Waals surface area (Å²) in [4.78, 5) is 18.0. The minimum absolute atomic E-state index is 0.00935. The molecule has 7 heteroatoms. The second-order valence-corrected chi connectivity index (χ2v) is 7.62. The zero-order chi connectivity index (χ0) is 17.7. The maximum atomic E-state index is 11.9. The molecule has 1 saturated heterocycles. The molecule has 3 fully saturated rings. The number of nitrogens with one attached hydrogen (secondary N) is 2. The molecule has 0 aromatic heterocycles. The van der Waals surface area contributed by atoms with Gasteiger partial charge < -0.3 is 25.0 Å². The van der Waals surface area contributed by atoms with Crippen molar-refractivity contribution in [1.82, 2.24) is 15.5 Å². The number of ether oxygens (including phenoxy) is 2. The Morgan fingerprint density at radius 3 is 2.44 bits per heavy atom. The number of likely N-dealkylation sites (N-methyl/N-ethyl adjacent to an activating group) is 1. The quantitative estimate of drug-likeness (QED) is 0.588. The zero-order valence-electron chi connectivity index (χ0n) is 15.6. The molecule has 25 heavy (non-hydrogen) atoms. The predicted molar refractivity (Wildman–Crippen MR) is 96.4 cm³/mol. The molecule has 7 nitrogen and oxygen atoms in total. The molecule has 2 aliphatic carbocycles. The largest absolute Gasteiger partial charge is 0.354 e. The third-order valence-electron chi connectivity index (χ3n) is 5.40. The van der Waals surface area contributed by atoms with Gasteiger partial charge in [0.2, 0.25) is 5.91 Å². The lowest BCUT2D eigenvalue weighted by Gasteiger charge is -2.27. The van der Waals surface area contributed by atoms with Gasteiger partial charge in [-0.1, -0.05) is 19.3 Å². The average molecular weight is 352 g/mol. The normalized spacial score (nSPS) is 26.8. The van der Waals surface area contributed by atoms with Gasteiger partial charge in [0.15, 0.2) is 11.7 Å². The fraction of sp³-hybridized carbons (Fsp3) is 0.889. The van der Waals surface area contributed by atoms with Crippen molar-refractivity contribution < 1.29 is 14.3 Å². The van der Waals surface area contributed by atoms with Crippen molar-refractivity contribution in [3.8, 4) is 0 Å².